The number of hydrogen-bond acceptors (Lipinski definition) is 2. The number of rotatable bonds is 1. The highest BCUT2D eigenvalue weighted by Gasteiger charge is 2.21. The quantitative estimate of drug-likeness (QED) is 0.703. The summed E-state index contributed by atoms with van der Waals surface area (Å²) in [5.74, 6) is -0.761. The number of aryl methyl sites for hydroxylation is 2. The fraction of sp³-hybridized carbons (Fsp3) is 0.333. The zero-order valence-electron chi connectivity index (χ0n) is 8.06. The van der Waals surface area contributed by atoms with Crippen LogP contribution in [0.4, 0.5) is 4.39 Å². The average Bonchev–Trinajstić information content (AvgIpc) is 1.98. The molecule has 2 nitrogen and oxygen atoms in total. The molecule has 1 rings (SSSR count). The Labute approximate surface area is 87.1 Å². The molecule has 0 aromatic heterocycles. The zero-order valence-corrected chi connectivity index (χ0v) is 9.63. The minimum atomic E-state index is -4.01. The fourth-order valence-electron chi connectivity index (χ4n) is 1.31. The Balaban J connectivity index is 3.74. The Bertz CT molecular complexity index is 454. The molecule has 14 heavy (non-hydrogen) atoms. The van der Waals surface area contributed by atoms with Crippen LogP contribution in [0.3, 0.4) is 0 Å². The second-order valence-corrected chi connectivity index (χ2v) is 5.72. The Morgan fingerprint density at radius 3 is 2.14 bits per heavy atom. The maximum absolute atomic E-state index is 13.5. The van der Waals surface area contributed by atoms with Gasteiger partial charge >= 0.3 is 0 Å². The van der Waals surface area contributed by atoms with Crippen molar-refractivity contribution >= 4 is 19.7 Å². The van der Waals surface area contributed by atoms with Crippen molar-refractivity contribution in [2.75, 3.05) is 0 Å². The lowest BCUT2D eigenvalue weighted by Crippen LogP contribution is -2.03. The van der Waals surface area contributed by atoms with Crippen LogP contribution in [0.5, 0.6) is 0 Å². The molecule has 0 N–H and O–H groups in total. The summed E-state index contributed by atoms with van der Waals surface area (Å²) < 4.78 is 35.7. The molecule has 0 amide bonds. The van der Waals surface area contributed by atoms with Crippen LogP contribution >= 0.6 is 10.7 Å². The van der Waals surface area contributed by atoms with Gasteiger partial charge in [-0.3, -0.25) is 0 Å². The van der Waals surface area contributed by atoms with E-state index in [2.05, 4.69) is 0 Å². The van der Waals surface area contributed by atoms with Crippen molar-refractivity contribution in [1.29, 1.82) is 0 Å². The third-order valence-electron chi connectivity index (χ3n) is 2.15. The average molecular weight is 237 g/mol. The van der Waals surface area contributed by atoms with E-state index in [4.69, 9.17) is 10.7 Å². The van der Waals surface area contributed by atoms with Crippen LogP contribution in [-0.4, -0.2) is 8.42 Å². The zero-order chi connectivity index (χ0) is 11.1. The summed E-state index contributed by atoms with van der Waals surface area (Å²) in [4.78, 5) is -0.406. The van der Waals surface area contributed by atoms with Gasteiger partial charge in [-0.15, -0.1) is 0 Å². The van der Waals surface area contributed by atoms with Crippen LogP contribution in [0.1, 0.15) is 16.7 Å². The molecule has 0 saturated heterocycles. The summed E-state index contributed by atoms with van der Waals surface area (Å²) in [5, 5.41) is 0. The van der Waals surface area contributed by atoms with E-state index in [1.165, 1.54) is 13.8 Å². The van der Waals surface area contributed by atoms with Gasteiger partial charge in [0.25, 0.3) is 9.05 Å². The van der Waals surface area contributed by atoms with Gasteiger partial charge in [0, 0.05) is 10.7 Å². The molecule has 0 saturated carbocycles. The topological polar surface area (TPSA) is 34.1 Å². The lowest BCUT2D eigenvalue weighted by Gasteiger charge is -2.09. The minimum absolute atomic E-state index is 0.285. The van der Waals surface area contributed by atoms with Gasteiger partial charge in [-0.2, -0.15) is 0 Å². The second-order valence-electron chi connectivity index (χ2n) is 3.22. The highest BCUT2D eigenvalue weighted by atomic mass is 35.7. The highest BCUT2D eigenvalue weighted by Crippen LogP contribution is 2.27. The van der Waals surface area contributed by atoms with Crippen molar-refractivity contribution in [3.63, 3.8) is 0 Å². The predicted octanol–water partition coefficient (Wildman–Crippen LogP) is 2.68. The molecule has 0 aliphatic heterocycles. The van der Waals surface area contributed by atoms with Crippen LogP contribution in [-0.2, 0) is 9.05 Å². The van der Waals surface area contributed by atoms with E-state index in [0.29, 0.717) is 11.1 Å². The molecule has 0 radical (unpaired) electrons. The molecule has 78 valence electrons. The molecule has 5 heteroatoms. The summed E-state index contributed by atoms with van der Waals surface area (Å²) in [6.45, 7) is 4.76. The molecule has 0 atom stereocenters. The van der Waals surface area contributed by atoms with Gasteiger partial charge in [-0.25, -0.2) is 12.8 Å². The van der Waals surface area contributed by atoms with Crippen molar-refractivity contribution < 1.29 is 12.8 Å². The molecule has 0 unspecified atom stereocenters. The lowest BCUT2D eigenvalue weighted by atomic mass is 10.1. The van der Waals surface area contributed by atoms with Gasteiger partial charge in [0.2, 0.25) is 0 Å². The monoisotopic (exact) mass is 236 g/mol. The van der Waals surface area contributed by atoms with Crippen LogP contribution in [0.25, 0.3) is 0 Å². The Hall–Kier alpha value is -0.610. The highest BCUT2D eigenvalue weighted by molar-refractivity contribution is 8.13. The summed E-state index contributed by atoms with van der Waals surface area (Å²) in [6, 6.07) is 1.59. The summed E-state index contributed by atoms with van der Waals surface area (Å²) >= 11 is 0. The predicted molar refractivity (Wildman–Crippen MR) is 53.6 cm³/mol. The van der Waals surface area contributed by atoms with Crippen LogP contribution in [0.15, 0.2) is 11.0 Å². The van der Waals surface area contributed by atoms with E-state index in [-0.39, 0.29) is 5.56 Å². The standard InChI is InChI=1S/C9H10ClFO2S/c1-5-4-6(2)8(11)9(7(5)3)14(10,12)13/h4H,1-3H3. The first kappa shape index (κ1) is 11.5. The number of benzene rings is 1. The van der Waals surface area contributed by atoms with Crippen LogP contribution in [0, 0.1) is 26.6 Å². The van der Waals surface area contributed by atoms with E-state index in [0.717, 1.165) is 0 Å². The van der Waals surface area contributed by atoms with Gasteiger partial charge in [0.1, 0.15) is 10.7 Å². The number of hydrogen-bond donors (Lipinski definition) is 0. The van der Waals surface area contributed by atoms with Gasteiger partial charge in [0.05, 0.1) is 0 Å². The van der Waals surface area contributed by atoms with Crippen molar-refractivity contribution in [3.05, 3.63) is 28.6 Å². The molecule has 0 aliphatic rings. The van der Waals surface area contributed by atoms with Crippen LogP contribution in [0.2, 0.25) is 0 Å². The SMILES string of the molecule is Cc1cc(C)c(F)c(S(=O)(=O)Cl)c1C. The molecular weight excluding hydrogens is 227 g/mol. The van der Waals surface area contributed by atoms with E-state index >= 15 is 0 Å². The van der Waals surface area contributed by atoms with Crippen molar-refractivity contribution in [3.8, 4) is 0 Å². The van der Waals surface area contributed by atoms with Crippen LogP contribution < -0.4 is 0 Å². The first-order chi connectivity index (χ1) is 6.25. The van der Waals surface area contributed by atoms with E-state index in [9.17, 15) is 12.8 Å². The van der Waals surface area contributed by atoms with E-state index < -0.39 is 19.8 Å². The largest absolute Gasteiger partial charge is 0.264 e. The lowest BCUT2D eigenvalue weighted by molar-refractivity contribution is 0.566. The van der Waals surface area contributed by atoms with Gasteiger partial charge < -0.3 is 0 Å². The van der Waals surface area contributed by atoms with Crippen molar-refractivity contribution in [2.45, 2.75) is 25.7 Å². The Morgan fingerprint density at radius 1 is 1.21 bits per heavy atom. The van der Waals surface area contributed by atoms with Crippen molar-refractivity contribution in [1.82, 2.24) is 0 Å². The van der Waals surface area contributed by atoms with E-state index in [1.807, 2.05) is 0 Å². The fourth-order valence-corrected chi connectivity index (χ4v) is 2.76. The molecule has 0 bridgehead atoms. The molecular formula is C9H10ClFO2S. The molecule has 1 aromatic rings. The molecule has 0 aliphatic carbocycles. The van der Waals surface area contributed by atoms with Gasteiger partial charge in [-0.05, 0) is 37.5 Å². The third-order valence-corrected chi connectivity index (χ3v) is 3.59. The minimum Gasteiger partial charge on any atom is -0.207 e. The molecule has 0 spiro atoms. The maximum atomic E-state index is 13.5. The van der Waals surface area contributed by atoms with E-state index in [1.54, 1.807) is 13.0 Å². The summed E-state index contributed by atoms with van der Waals surface area (Å²) in [7, 11) is 1.13. The Morgan fingerprint density at radius 2 is 1.71 bits per heavy atom. The first-order valence-corrected chi connectivity index (χ1v) is 6.27. The molecule has 0 heterocycles. The normalized spacial score (nSPS) is 11.8. The van der Waals surface area contributed by atoms with Gasteiger partial charge in [-0.1, -0.05) is 6.07 Å². The summed E-state index contributed by atoms with van der Waals surface area (Å²) in [6.07, 6.45) is 0. The first-order valence-electron chi connectivity index (χ1n) is 3.96. The second kappa shape index (κ2) is 3.51. The third kappa shape index (κ3) is 1.91. The smallest absolute Gasteiger partial charge is 0.207 e. The molecule has 1 aromatic carbocycles. The number of halogens is 2. The van der Waals surface area contributed by atoms with Crippen molar-refractivity contribution in [2.24, 2.45) is 0 Å². The maximum Gasteiger partial charge on any atom is 0.264 e. The Kier molecular flexibility index (Phi) is 2.88. The van der Waals surface area contributed by atoms with Gasteiger partial charge in [0.15, 0.2) is 0 Å². The molecule has 0 fully saturated rings. The summed E-state index contributed by atoms with van der Waals surface area (Å²) in [5.41, 5.74) is 1.36.